The molecule has 2 aliphatic heterocycles. The lowest BCUT2D eigenvalue weighted by Crippen LogP contribution is -2.40. The number of benzene rings is 1. The third-order valence-electron chi connectivity index (χ3n) is 6.32. The van der Waals surface area contributed by atoms with Gasteiger partial charge in [-0.1, -0.05) is 6.92 Å². The number of aromatic nitrogens is 1. The van der Waals surface area contributed by atoms with E-state index in [9.17, 15) is 36.3 Å². The number of nitrogens with zero attached hydrogens (tertiary/aromatic N) is 2. The number of amides is 2. The molecule has 1 fully saturated rings. The zero-order valence-electron chi connectivity index (χ0n) is 18.7. The van der Waals surface area contributed by atoms with Crippen molar-refractivity contribution in [3.05, 3.63) is 41.5 Å². The number of nitrogens with one attached hydrogen (secondary N) is 2. The summed E-state index contributed by atoms with van der Waals surface area (Å²) in [6, 6.07) is 0.0672. The number of ether oxygens (including phenoxy) is 1. The Labute approximate surface area is 198 Å². The third kappa shape index (κ3) is 4.43. The predicted molar refractivity (Wildman–Crippen MR) is 116 cm³/mol. The second kappa shape index (κ2) is 9.07. The molecule has 14 heteroatoms. The van der Waals surface area contributed by atoms with Crippen LogP contribution in [0.4, 0.5) is 23.7 Å². The number of rotatable bonds is 3. The Morgan fingerprint density at radius 3 is 2.51 bits per heavy atom. The standard InChI is InChI=1S/C21H23F3N4O6S/c1-3-15-11-4-5-34-19-16(35(32,33)26-14(11)8-28(15)21(30)31)9-27(2)18(19)20(29)25-10-6-12(22)17(24)13(23)7-10/h6-7,9,11,14-15,26H,3-5,8H2,1-2H3,(H,25,29)(H,30,31). The van der Waals surface area contributed by atoms with Crippen LogP contribution in [0.5, 0.6) is 5.75 Å². The SMILES string of the molecule is CCC1C2CCOc3c(cn(C)c3C(=O)Nc3cc(F)c(F)c(F)c3)S(=O)(=O)NC2CN1C(=O)O. The largest absolute Gasteiger partial charge is 0.490 e. The van der Waals surface area contributed by atoms with E-state index in [2.05, 4.69) is 10.0 Å². The summed E-state index contributed by atoms with van der Waals surface area (Å²) >= 11 is 0. The van der Waals surface area contributed by atoms with E-state index < -0.39 is 51.6 Å². The molecule has 190 valence electrons. The fraction of sp³-hybridized carbons (Fsp3) is 0.429. The first-order valence-electron chi connectivity index (χ1n) is 10.7. The molecule has 10 nitrogen and oxygen atoms in total. The van der Waals surface area contributed by atoms with Crippen molar-refractivity contribution in [1.29, 1.82) is 0 Å². The van der Waals surface area contributed by atoms with Gasteiger partial charge < -0.3 is 24.6 Å². The van der Waals surface area contributed by atoms with Crippen molar-refractivity contribution in [1.82, 2.24) is 14.2 Å². The number of sulfonamides is 1. The minimum Gasteiger partial charge on any atom is -0.490 e. The topological polar surface area (TPSA) is 130 Å². The molecular formula is C21H23F3N4O6S. The zero-order chi connectivity index (χ0) is 25.7. The van der Waals surface area contributed by atoms with Crippen LogP contribution in [0.1, 0.15) is 30.3 Å². The molecule has 2 aromatic rings. The molecule has 0 saturated carbocycles. The van der Waals surface area contributed by atoms with Gasteiger partial charge >= 0.3 is 6.09 Å². The Bertz CT molecular complexity index is 1280. The van der Waals surface area contributed by atoms with E-state index in [1.807, 2.05) is 6.92 Å². The second-order valence-electron chi connectivity index (χ2n) is 8.43. The molecule has 1 aromatic heterocycles. The maximum Gasteiger partial charge on any atom is 0.407 e. The number of carboxylic acid groups (broad SMARTS) is 1. The quantitative estimate of drug-likeness (QED) is 0.538. The molecule has 3 atom stereocenters. The number of hydrogen-bond donors (Lipinski definition) is 3. The molecule has 1 aromatic carbocycles. The summed E-state index contributed by atoms with van der Waals surface area (Å²) in [6.07, 6.45) is 0.788. The Morgan fingerprint density at radius 2 is 1.91 bits per heavy atom. The van der Waals surface area contributed by atoms with Gasteiger partial charge in [0.15, 0.2) is 28.9 Å². The molecule has 0 radical (unpaired) electrons. The van der Waals surface area contributed by atoms with E-state index in [-0.39, 0.29) is 41.1 Å². The van der Waals surface area contributed by atoms with E-state index >= 15 is 0 Å². The molecule has 35 heavy (non-hydrogen) atoms. The minimum atomic E-state index is -4.25. The van der Waals surface area contributed by atoms with Gasteiger partial charge in [0.2, 0.25) is 10.0 Å². The summed E-state index contributed by atoms with van der Waals surface area (Å²) in [5.41, 5.74) is -0.610. The summed E-state index contributed by atoms with van der Waals surface area (Å²) < 4.78 is 76.3. The van der Waals surface area contributed by atoms with Crippen LogP contribution in [-0.2, 0) is 17.1 Å². The molecule has 0 bridgehead atoms. The van der Waals surface area contributed by atoms with Crippen molar-refractivity contribution in [2.75, 3.05) is 18.5 Å². The van der Waals surface area contributed by atoms with Gasteiger partial charge in [-0.25, -0.2) is 31.1 Å². The van der Waals surface area contributed by atoms with E-state index in [1.54, 1.807) is 0 Å². The number of likely N-dealkylation sites (tertiary alicyclic amines) is 1. The minimum absolute atomic E-state index is 0.0145. The van der Waals surface area contributed by atoms with Crippen LogP contribution in [-0.4, -0.2) is 60.2 Å². The van der Waals surface area contributed by atoms with Gasteiger partial charge in [-0.3, -0.25) is 4.79 Å². The van der Waals surface area contributed by atoms with Crippen LogP contribution in [0.25, 0.3) is 0 Å². The fourth-order valence-corrected chi connectivity index (χ4v) is 6.26. The first-order chi connectivity index (χ1) is 16.4. The molecule has 0 aliphatic carbocycles. The monoisotopic (exact) mass is 516 g/mol. The van der Waals surface area contributed by atoms with Gasteiger partial charge in [0, 0.05) is 55.6 Å². The van der Waals surface area contributed by atoms with Crippen LogP contribution in [0.3, 0.4) is 0 Å². The highest BCUT2D eigenvalue weighted by Crippen LogP contribution is 2.36. The van der Waals surface area contributed by atoms with Crippen LogP contribution >= 0.6 is 0 Å². The number of anilines is 1. The Kier molecular flexibility index (Phi) is 6.44. The number of fused-ring (bicyclic) bond motifs is 2. The zero-order valence-corrected chi connectivity index (χ0v) is 19.5. The van der Waals surface area contributed by atoms with E-state index in [0.717, 1.165) is 6.20 Å². The normalized spacial score (nSPS) is 23.3. The average molecular weight is 516 g/mol. The number of carbonyl (C=O) groups is 2. The van der Waals surface area contributed by atoms with Crippen molar-refractivity contribution in [2.45, 2.75) is 36.7 Å². The lowest BCUT2D eigenvalue weighted by Gasteiger charge is -2.25. The summed E-state index contributed by atoms with van der Waals surface area (Å²) in [6.45, 7) is 1.76. The highest BCUT2D eigenvalue weighted by atomic mass is 32.2. The van der Waals surface area contributed by atoms with Gasteiger partial charge in [0.25, 0.3) is 5.91 Å². The number of carbonyl (C=O) groups excluding carboxylic acids is 1. The van der Waals surface area contributed by atoms with Crippen molar-refractivity contribution >= 4 is 27.7 Å². The summed E-state index contributed by atoms with van der Waals surface area (Å²) in [7, 11) is -2.87. The van der Waals surface area contributed by atoms with E-state index in [4.69, 9.17) is 4.74 Å². The van der Waals surface area contributed by atoms with Crippen molar-refractivity contribution in [2.24, 2.45) is 13.0 Å². The molecule has 3 unspecified atom stereocenters. The summed E-state index contributed by atoms with van der Waals surface area (Å²) in [5.74, 6) is -6.25. The molecule has 3 N–H and O–H groups in total. The summed E-state index contributed by atoms with van der Waals surface area (Å²) in [4.78, 5) is 25.5. The van der Waals surface area contributed by atoms with Crippen LogP contribution < -0.4 is 14.8 Å². The number of halogens is 3. The maximum atomic E-state index is 13.6. The molecule has 2 amide bonds. The first-order valence-corrected chi connectivity index (χ1v) is 12.2. The highest BCUT2D eigenvalue weighted by Gasteiger charge is 2.46. The van der Waals surface area contributed by atoms with Gasteiger partial charge in [-0.15, -0.1) is 0 Å². The van der Waals surface area contributed by atoms with Gasteiger partial charge in [-0.2, -0.15) is 0 Å². The summed E-state index contributed by atoms with van der Waals surface area (Å²) in [5, 5.41) is 11.7. The lowest BCUT2D eigenvalue weighted by molar-refractivity contribution is 0.101. The third-order valence-corrected chi connectivity index (χ3v) is 7.80. The molecule has 0 spiro atoms. The molecule has 2 aliphatic rings. The van der Waals surface area contributed by atoms with Crippen LogP contribution in [0, 0.1) is 23.4 Å². The molecule has 3 heterocycles. The highest BCUT2D eigenvalue weighted by molar-refractivity contribution is 7.89. The Balaban J connectivity index is 1.68. The van der Waals surface area contributed by atoms with Crippen molar-refractivity contribution < 1.29 is 41.0 Å². The molecule has 4 rings (SSSR count). The molecule has 1 saturated heterocycles. The van der Waals surface area contributed by atoms with Crippen molar-refractivity contribution in [3.63, 3.8) is 0 Å². The second-order valence-corrected chi connectivity index (χ2v) is 10.1. The lowest BCUT2D eigenvalue weighted by atomic mass is 9.92. The number of hydrogen-bond acceptors (Lipinski definition) is 5. The first kappa shape index (κ1) is 24.9. The smallest absolute Gasteiger partial charge is 0.407 e. The Hall–Kier alpha value is -3.26. The van der Waals surface area contributed by atoms with Gasteiger partial charge in [0.1, 0.15) is 4.90 Å². The van der Waals surface area contributed by atoms with Crippen LogP contribution in [0.15, 0.2) is 23.2 Å². The van der Waals surface area contributed by atoms with E-state index in [1.165, 1.54) is 16.5 Å². The number of aryl methyl sites for hydroxylation is 1. The van der Waals surface area contributed by atoms with Gasteiger partial charge in [0.05, 0.1) is 6.61 Å². The average Bonchev–Trinajstić information content (AvgIpc) is 3.29. The maximum absolute atomic E-state index is 13.6. The van der Waals surface area contributed by atoms with Gasteiger partial charge in [-0.05, 0) is 12.8 Å². The molecular weight excluding hydrogens is 493 g/mol. The fourth-order valence-electron chi connectivity index (χ4n) is 4.79. The van der Waals surface area contributed by atoms with Crippen molar-refractivity contribution in [3.8, 4) is 5.75 Å². The van der Waals surface area contributed by atoms with Crippen LogP contribution in [0.2, 0.25) is 0 Å². The van der Waals surface area contributed by atoms with E-state index in [0.29, 0.717) is 25.0 Å². The Morgan fingerprint density at radius 1 is 1.26 bits per heavy atom. The predicted octanol–water partition coefficient (Wildman–Crippen LogP) is 2.51.